The molecule has 6 heteroatoms. The molecule has 2 amide bonds. The number of fused-ring (bicyclic) bond motifs is 1. The molecule has 1 aliphatic carbocycles. The van der Waals surface area contributed by atoms with Crippen LogP contribution in [0, 0.1) is 0 Å². The van der Waals surface area contributed by atoms with Crippen molar-refractivity contribution in [1.82, 2.24) is 5.32 Å². The lowest BCUT2D eigenvalue weighted by atomic mass is 9.92. The second-order valence-corrected chi connectivity index (χ2v) is 7.48. The molecule has 6 nitrogen and oxygen atoms in total. The molecule has 1 fully saturated rings. The van der Waals surface area contributed by atoms with Gasteiger partial charge in [0.25, 0.3) is 0 Å². The normalized spacial score (nSPS) is 16.1. The third-order valence-electron chi connectivity index (χ3n) is 5.48. The van der Waals surface area contributed by atoms with Gasteiger partial charge >= 0.3 is 6.03 Å². The average molecular weight is 396 g/mol. The van der Waals surface area contributed by atoms with Crippen molar-refractivity contribution >= 4 is 17.4 Å². The monoisotopic (exact) mass is 395 g/mol. The largest absolute Gasteiger partial charge is 0.492 e. The van der Waals surface area contributed by atoms with Gasteiger partial charge in [0.05, 0.1) is 31.1 Å². The Balaban J connectivity index is 1.24. The summed E-state index contributed by atoms with van der Waals surface area (Å²) < 4.78 is 11.2. The van der Waals surface area contributed by atoms with Crippen LogP contribution in [0.25, 0.3) is 0 Å². The summed E-state index contributed by atoms with van der Waals surface area (Å²) in [5.41, 5.74) is 4.68. The molecule has 2 aliphatic rings. The van der Waals surface area contributed by atoms with Gasteiger partial charge < -0.3 is 25.0 Å². The Morgan fingerprint density at radius 2 is 1.83 bits per heavy atom. The molecule has 2 aromatic rings. The van der Waals surface area contributed by atoms with Crippen LogP contribution in [0.15, 0.2) is 42.5 Å². The molecule has 0 saturated carbocycles. The van der Waals surface area contributed by atoms with Crippen LogP contribution in [-0.2, 0) is 17.6 Å². The van der Waals surface area contributed by atoms with E-state index < -0.39 is 0 Å². The molecule has 0 unspecified atom stereocenters. The SMILES string of the molecule is O=C(NCCOc1ccc2c(c1)CCCC2)Nc1ccccc1N1CCOCC1. The molecule has 2 N–H and O–H groups in total. The minimum Gasteiger partial charge on any atom is -0.492 e. The highest BCUT2D eigenvalue weighted by Gasteiger charge is 2.15. The van der Waals surface area contributed by atoms with Crippen molar-refractivity contribution < 1.29 is 14.3 Å². The van der Waals surface area contributed by atoms with E-state index in [1.165, 1.54) is 30.4 Å². The van der Waals surface area contributed by atoms with Gasteiger partial charge in [0.15, 0.2) is 0 Å². The number of nitrogens with zero attached hydrogens (tertiary/aromatic N) is 1. The topological polar surface area (TPSA) is 62.8 Å². The zero-order valence-corrected chi connectivity index (χ0v) is 16.8. The lowest BCUT2D eigenvalue weighted by molar-refractivity contribution is 0.123. The molecule has 1 saturated heterocycles. The van der Waals surface area contributed by atoms with Gasteiger partial charge in [-0.2, -0.15) is 0 Å². The van der Waals surface area contributed by atoms with Crippen molar-refractivity contribution in [2.24, 2.45) is 0 Å². The Morgan fingerprint density at radius 3 is 2.69 bits per heavy atom. The van der Waals surface area contributed by atoms with E-state index in [4.69, 9.17) is 9.47 Å². The van der Waals surface area contributed by atoms with Crippen molar-refractivity contribution in [1.29, 1.82) is 0 Å². The minimum absolute atomic E-state index is 0.222. The molecule has 4 rings (SSSR count). The molecule has 0 aromatic heterocycles. The second kappa shape index (κ2) is 9.65. The Hall–Kier alpha value is -2.73. The predicted octanol–water partition coefficient (Wildman–Crippen LogP) is 3.60. The number of ether oxygens (including phenoxy) is 2. The zero-order chi connectivity index (χ0) is 19.9. The number of para-hydroxylation sites is 2. The highest BCUT2D eigenvalue weighted by molar-refractivity contribution is 5.93. The van der Waals surface area contributed by atoms with Gasteiger partial charge in [-0.3, -0.25) is 0 Å². The van der Waals surface area contributed by atoms with Gasteiger partial charge in [-0.15, -0.1) is 0 Å². The van der Waals surface area contributed by atoms with Gasteiger partial charge in [-0.25, -0.2) is 4.79 Å². The molecule has 0 atom stereocenters. The standard InChI is InChI=1S/C23H29N3O3/c27-23(25-21-7-3-4-8-22(21)26-12-15-28-16-13-26)24-11-14-29-20-10-9-18-5-1-2-6-19(18)17-20/h3-4,7-10,17H,1-2,5-6,11-16H2,(H2,24,25,27). The Labute approximate surface area is 172 Å². The highest BCUT2D eigenvalue weighted by Crippen LogP contribution is 2.26. The van der Waals surface area contributed by atoms with E-state index in [2.05, 4.69) is 27.7 Å². The first-order valence-electron chi connectivity index (χ1n) is 10.5. The van der Waals surface area contributed by atoms with Crippen molar-refractivity contribution in [3.8, 4) is 5.75 Å². The summed E-state index contributed by atoms with van der Waals surface area (Å²) in [4.78, 5) is 14.6. The summed E-state index contributed by atoms with van der Waals surface area (Å²) in [7, 11) is 0. The van der Waals surface area contributed by atoms with Crippen LogP contribution in [0.3, 0.4) is 0 Å². The third-order valence-corrected chi connectivity index (χ3v) is 5.48. The van der Waals surface area contributed by atoms with Crippen LogP contribution in [0.1, 0.15) is 24.0 Å². The van der Waals surface area contributed by atoms with E-state index in [9.17, 15) is 4.79 Å². The molecular formula is C23H29N3O3. The minimum atomic E-state index is -0.222. The van der Waals surface area contributed by atoms with Gasteiger partial charge in [-0.1, -0.05) is 18.2 Å². The molecule has 154 valence electrons. The maximum atomic E-state index is 12.3. The Kier molecular flexibility index (Phi) is 6.52. The number of nitrogens with one attached hydrogen (secondary N) is 2. The molecular weight excluding hydrogens is 366 g/mol. The third kappa shape index (κ3) is 5.21. The first kappa shape index (κ1) is 19.6. The summed E-state index contributed by atoms with van der Waals surface area (Å²) in [6, 6.07) is 14.0. The number of amides is 2. The maximum absolute atomic E-state index is 12.3. The molecule has 0 bridgehead atoms. The van der Waals surface area contributed by atoms with Gasteiger partial charge in [0.1, 0.15) is 12.4 Å². The summed E-state index contributed by atoms with van der Waals surface area (Å²) in [6.07, 6.45) is 4.84. The van der Waals surface area contributed by atoms with E-state index in [1.54, 1.807) is 0 Å². The van der Waals surface area contributed by atoms with Gasteiger partial charge in [0, 0.05) is 13.1 Å². The van der Waals surface area contributed by atoms with Crippen molar-refractivity contribution in [3.05, 3.63) is 53.6 Å². The molecule has 0 spiro atoms. The summed E-state index contributed by atoms with van der Waals surface area (Å²) in [5.74, 6) is 0.880. The smallest absolute Gasteiger partial charge is 0.319 e. The zero-order valence-electron chi connectivity index (χ0n) is 16.8. The van der Waals surface area contributed by atoms with Crippen LogP contribution in [0.2, 0.25) is 0 Å². The average Bonchev–Trinajstić information content (AvgIpc) is 2.77. The molecule has 1 heterocycles. The number of hydrogen-bond acceptors (Lipinski definition) is 4. The Bertz CT molecular complexity index is 834. The van der Waals surface area contributed by atoms with Crippen LogP contribution >= 0.6 is 0 Å². The number of carbonyl (C=O) groups is 1. The molecule has 2 aromatic carbocycles. The summed E-state index contributed by atoms with van der Waals surface area (Å²) in [6.45, 7) is 3.96. The van der Waals surface area contributed by atoms with E-state index in [0.717, 1.165) is 36.6 Å². The summed E-state index contributed by atoms with van der Waals surface area (Å²) in [5, 5.41) is 5.83. The van der Waals surface area contributed by atoms with Crippen LogP contribution in [0.4, 0.5) is 16.2 Å². The quantitative estimate of drug-likeness (QED) is 0.734. The lowest BCUT2D eigenvalue weighted by Gasteiger charge is -2.30. The number of hydrogen-bond donors (Lipinski definition) is 2. The molecule has 0 radical (unpaired) electrons. The lowest BCUT2D eigenvalue weighted by Crippen LogP contribution is -2.37. The van der Waals surface area contributed by atoms with E-state index in [-0.39, 0.29) is 6.03 Å². The number of urea groups is 1. The van der Waals surface area contributed by atoms with Crippen LogP contribution < -0.4 is 20.3 Å². The Morgan fingerprint density at radius 1 is 1.03 bits per heavy atom. The highest BCUT2D eigenvalue weighted by atomic mass is 16.5. The first-order valence-corrected chi connectivity index (χ1v) is 10.5. The van der Waals surface area contributed by atoms with Crippen LogP contribution in [0.5, 0.6) is 5.75 Å². The maximum Gasteiger partial charge on any atom is 0.319 e. The number of morpholine rings is 1. The molecule has 29 heavy (non-hydrogen) atoms. The fourth-order valence-corrected chi connectivity index (χ4v) is 3.96. The number of aryl methyl sites for hydroxylation is 2. The fraction of sp³-hybridized carbons (Fsp3) is 0.435. The number of benzene rings is 2. The number of rotatable bonds is 6. The number of anilines is 2. The molecule has 1 aliphatic heterocycles. The van der Waals surface area contributed by atoms with Crippen LogP contribution in [-0.4, -0.2) is 45.5 Å². The van der Waals surface area contributed by atoms with Crippen molar-refractivity contribution in [2.45, 2.75) is 25.7 Å². The van der Waals surface area contributed by atoms with E-state index in [0.29, 0.717) is 26.4 Å². The second-order valence-electron chi connectivity index (χ2n) is 7.48. The number of carbonyl (C=O) groups excluding carboxylic acids is 1. The fourth-order valence-electron chi connectivity index (χ4n) is 3.96. The van der Waals surface area contributed by atoms with Gasteiger partial charge in [-0.05, 0) is 61.1 Å². The van der Waals surface area contributed by atoms with Crippen molar-refractivity contribution in [3.63, 3.8) is 0 Å². The van der Waals surface area contributed by atoms with Gasteiger partial charge in [0.2, 0.25) is 0 Å². The van der Waals surface area contributed by atoms with E-state index >= 15 is 0 Å². The van der Waals surface area contributed by atoms with Crippen molar-refractivity contribution in [2.75, 3.05) is 49.7 Å². The summed E-state index contributed by atoms with van der Waals surface area (Å²) >= 11 is 0. The predicted molar refractivity (Wildman–Crippen MR) is 115 cm³/mol. The van der Waals surface area contributed by atoms with E-state index in [1.807, 2.05) is 30.3 Å². The first-order chi connectivity index (χ1) is 14.3.